The van der Waals surface area contributed by atoms with Crippen LogP contribution in [0.5, 0.6) is 0 Å². The van der Waals surface area contributed by atoms with Gasteiger partial charge in [0.2, 0.25) is 17.7 Å². The molecule has 40 heavy (non-hydrogen) atoms. The van der Waals surface area contributed by atoms with Gasteiger partial charge in [-0.05, 0) is 48.8 Å². The summed E-state index contributed by atoms with van der Waals surface area (Å²) in [4.78, 5) is 49.2. The number of aryl methyl sites for hydroxylation is 1. The fraction of sp³-hybridized carbons (Fsp3) is 0.571. The predicted octanol–water partition coefficient (Wildman–Crippen LogP) is 4.27. The molecule has 1 aromatic carbocycles. The predicted molar refractivity (Wildman–Crippen MR) is 154 cm³/mol. The molecule has 4 atom stereocenters. The summed E-state index contributed by atoms with van der Waals surface area (Å²) in [7, 11) is 0. The van der Waals surface area contributed by atoms with Crippen molar-refractivity contribution >= 4 is 29.1 Å². The van der Waals surface area contributed by atoms with Crippen molar-refractivity contribution in [3.8, 4) is 10.4 Å². The number of azide groups is 1. The maximum atomic E-state index is 13.7. The van der Waals surface area contributed by atoms with E-state index in [0.717, 1.165) is 21.7 Å². The first-order valence-electron chi connectivity index (χ1n) is 13.5. The third-order valence-corrected chi connectivity index (χ3v) is 8.01. The maximum absolute atomic E-state index is 13.7. The number of rotatable bonds is 11. The van der Waals surface area contributed by atoms with E-state index in [1.54, 1.807) is 11.3 Å². The molecule has 12 heteroatoms. The molecule has 1 aliphatic rings. The summed E-state index contributed by atoms with van der Waals surface area (Å²) in [5.74, 6) is -1.04. The van der Waals surface area contributed by atoms with Crippen molar-refractivity contribution in [2.75, 3.05) is 13.1 Å². The average Bonchev–Trinajstić information content (AvgIpc) is 3.51. The van der Waals surface area contributed by atoms with E-state index in [2.05, 4.69) is 25.6 Å². The van der Waals surface area contributed by atoms with Crippen LogP contribution in [0.3, 0.4) is 0 Å². The van der Waals surface area contributed by atoms with Gasteiger partial charge in [-0.3, -0.25) is 14.4 Å². The molecule has 2 heterocycles. The lowest BCUT2D eigenvalue weighted by molar-refractivity contribution is -0.144. The monoisotopic (exact) mass is 569 g/mol. The van der Waals surface area contributed by atoms with Crippen LogP contribution in [-0.4, -0.2) is 64.0 Å². The fourth-order valence-electron chi connectivity index (χ4n) is 4.76. The molecular weight excluding hydrogens is 530 g/mol. The van der Waals surface area contributed by atoms with Gasteiger partial charge in [0, 0.05) is 30.8 Å². The molecule has 11 nitrogen and oxygen atoms in total. The molecule has 1 saturated heterocycles. The third-order valence-electron chi connectivity index (χ3n) is 7.04. The van der Waals surface area contributed by atoms with E-state index in [-0.39, 0.29) is 37.2 Å². The van der Waals surface area contributed by atoms with E-state index < -0.39 is 29.5 Å². The molecule has 0 saturated carbocycles. The van der Waals surface area contributed by atoms with E-state index in [4.69, 9.17) is 5.53 Å². The van der Waals surface area contributed by atoms with Crippen LogP contribution in [-0.2, 0) is 14.4 Å². The van der Waals surface area contributed by atoms with Gasteiger partial charge in [0.25, 0.3) is 0 Å². The van der Waals surface area contributed by atoms with Gasteiger partial charge in [-0.15, -0.1) is 11.3 Å². The van der Waals surface area contributed by atoms with E-state index >= 15 is 0 Å². The van der Waals surface area contributed by atoms with Gasteiger partial charge in [-0.25, -0.2) is 4.98 Å². The number of hydrogen-bond acceptors (Lipinski definition) is 7. The summed E-state index contributed by atoms with van der Waals surface area (Å²) >= 11 is 1.58. The number of thiazole rings is 1. The van der Waals surface area contributed by atoms with Crippen molar-refractivity contribution in [1.82, 2.24) is 20.5 Å². The molecule has 1 aromatic heterocycles. The van der Waals surface area contributed by atoms with Gasteiger partial charge in [0.1, 0.15) is 12.1 Å². The second-order valence-electron chi connectivity index (χ2n) is 11.3. The first-order valence-corrected chi connectivity index (χ1v) is 14.4. The Morgan fingerprint density at radius 1 is 1.23 bits per heavy atom. The smallest absolute Gasteiger partial charge is 0.246 e. The van der Waals surface area contributed by atoms with E-state index in [0.29, 0.717) is 19.4 Å². The zero-order valence-electron chi connectivity index (χ0n) is 23.8. The number of carbonyl (C=O) groups excluding carboxylic acids is 3. The minimum absolute atomic E-state index is 0.0167. The number of unbranched alkanes of at least 4 members (excludes halogenated alkanes) is 1. The van der Waals surface area contributed by atoms with Crippen LogP contribution in [0.1, 0.15) is 70.7 Å². The Labute approximate surface area is 239 Å². The second kappa shape index (κ2) is 13.7. The van der Waals surface area contributed by atoms with E-state index in [1.165, 1.54) is 4.90 Å². The van der Waals surface area contributed by atoms with Crippen molar-refractivity contribution < 1.29 is 19.5 Å². The Hall–Kier alpha value is -3.47. The van der Waals surface area contributed by atoms with Crippen LogP contribution in [0.4, 0.5) is 0 Å². The van der Waals surface area contributed by atoms with Crippen molar-refractivity contribution in [3.63, 3.8) is 0 Å². The van der Waals surface area contributed by atoms with Gasteiger partial charge in [-0.2, -0.15) is 0 Å². The normalized spacial score (nSPS) is 18.5. The summed E-state index contributed by atoms with van der Waals surface area (Å²) in [6.45, 7) is 9.71. The maximum Gasteiger partial charge on any atom is 0.246 e. The first-order chi connectivity index (χ1) is 18.9. The lowest BCUT2D eigenvalue weighted by Crippen LogP contribution is -2.57. The second-order valence-corrected chi connectivity index (χ2v) is 12.1. The van der Waals surface area contributed by atoms with Crippen LogP contribution >= 0.6 is 11.3 Å². The van der Waals surface area contributed by atoms with Crippen LogP contribution in [0.25, 0.3) is 20.9 Å². The highest BCUT2D eigenvalue weighted by atomic mass is 32.1. The quantitative estimate of drug-likeness (QED) is 0.159. The largest absolute Gasteiger partial charge is 0.391 e. The molecule has 1 aliphatic heterocycles. The first kappa shape index (κ1) is 31.1. The molecule has 216 valence electrons. The molecule has 3 N–H and O–H groups in total. The summed E-state index contributed by atoms with van der Waals surface area (Å²) < 4.78 is 0. The molecule has 0 spiro atoms. The number of nitrogens with one attached hydrogen (secondary N) is 2. The molecule has 0 aliphatic carbocycles. The number of aromatic nitrogens is 1. The zero-order chi connectivity index (χ0) is 29.4. The van der Waals surface area contributed by atoms with Crippen LogP contribution < -0.4 is 10.6 Å². The molecule has 0 unspecified atom stereocenters. The van der Waals surface area contributed by atoms with Crippen molar-refractivity contribution in [3.05, 3.63) is 51.5 Å². The SMILES string of the molecule is Cc1ncsc1-c1ccc([C@H](C)NC(=O)[C@@H]2C[C@@H](O)CN2C(=O)[C@H](NC(=O)CCCCN=[N+]=[N-])C(C)(C)C)cc1. The lowest BCUT2D eigenvalue weighted by Gasteiger charge is -2.35. The topological polar surface area (TPSA) is 160 Å². The Bertz CT molecular complexity index is 1230. The fourth-order valence-corrected chi connectivity index (χ4v) is 5.57. The molecule has 3 amide bonds. The van der Waals surface area contributed by atoms with Gasteiger partial charge in [0.15, 0.2) is 0 Å². The van der Waals surface area contributed by atoms with Crippen LogP contribution in [0, 0.1) is 12.3 Å². The molecule has 3 rings (SSSR count). The summed E-state index contributed by atoms with van der Waals surface area (Å²) in [5, 5.41) is 19.7. The lowest BCUT2D eigenvalue weighted by atomic mass is 9.85. The minimum Gasteiger partial charge on any atom is -0.391 e. The van der Waals surface area contributed by atoms with E-state index in [9.17, 15) is 19.5 Å². The molecule has 1 fully saturated rings. The number of likely N-dealkylation sites (tertiary alicyclic amines) is 1. The summed E-state index contributed by atoms with van der Waals surface area (Å²) in [6, 6.07) is 5.88. The highest BCUT2D eigenvalue weighted by Gasteiger charge is 2.44. The number of β-amino-alcohol motifs (C(OH)–C–C–N with tert-alkyl or cyclic N) is 1. The number of amides is 3. The average molecular weight is 570 g/mol. The molecule has 0 bridgehead atoms. The van der Waals surface area contributed by atoms with Gasteiger partial charge >= 0.3 is 0 Å². The third kappa shape index (κ3) is 8.03. The van der Waals surface area contributed by atoms with Gasteiger partial charge in [0.05, 0.1) is 28.2 Å². The molecular formula is C28H39N7O4S. The highest BCUT2D eigenvalue weighted by Crippen LogP contribution is 2.29. The Morgan fingerprint density at radius 3 is 2.52 bits per heavy atom. The molecule has 0 radical (unpaired) electrons. The Kier molecular flexibility index (Phi) is 10.7. The number of nitrogens with zero attached hydrogens (tertiary/aromatic N) is 5. The van der Waals surface area contributed by atoms with Gasteiger partial charge < -0.3 is 20.6 Å². The van der Waals surface area contributed by atoms with Crippen LogP contribution in [0.2, 0.25) is 0 Å². The Balaban J connectivity index is 1.67. The standard InChI is InChI=1S/C28H39N7O4S/c1-17(19-9-11-20(12-10-19)24-18(2)30-16-40-24)32-26(38)22-14-21(36)15-35(22)27(39)25(28(3,4)5)33-23(37)8-6-7-13-31-34-29/h9-12,16-17,21-22,25,36H,6-8,13-15H2,1-5H3,(H,32,38)(H,33,37)/t17-,21+,22-,25-/m0/s1. The number of aliphatic hydroxyl groups is 1. The van der Waals surface area contributed by atoms with Crippen LogP contribution in [0.15, 0.2) is 34.9 Å². The number of carbonyl (C=O) groups is 3. The number of hydrogen-bond donors (Lipinski definition) is 3. The molecule has 2 aromatic rings. The van der Waals surface area contributed by atoms with Gasteiger partial charge in [-0.1, -0.05) is 50.2 Å². The summed E-state index contributed by atoms with van der Waals surface area (Å²) in [6.07, 6.45) is 0.558. The summed E-state index contributed by atoms with van der Waals surface area (Å²) in [5.41, 5.74) is 12.5. The zero-order valence-corrected chi connectivity index (χ0v) is 24.6. The number of benzene rings is 1. The van der Waals surface area contributed by atoms with E-state index in [1.807, 2.05) is 64.4 Å². The van der Waals surface area contributed by atoms with Crippen molar-refractivity contribution in [2.45, 2.75) is 84.5 Å². The Morgan fingerprint density at radius 2 is 1.93 bits per heavy atom. The highest BCUT2D eigenvalue weighted by molar-refractivity contribution is 7.13. The van der Waals surface area contributed by atoms with Crippen molar-refractivity contribution in [2.24, 2.45) is 10.5 Å². The minimum atomic E-state index is -0.877. The van der Waals surface area contributed by atoms with Crippen molar-refractivity contribution in [1.29, 1.82) is 0 Å². The number of aliphatic hydroxyl groups excluding tert-OH is 1.